The zero-order valence-corrected chi connectivity index (χ0v) is 13.7. The molecule has 0 aliphatic rings. The minimum atomic E-state index is -4.33. The second kappa shape index (κ2) is 7.35. The van der Waals surface area contributed by atoms with Gasteiger partial charge < -0.3 is 4.74 Å². The maximum atomic E-state index is 11.1. The summed E-state index contributed by atoms with van der Waals surface area (Å²) >= 11 is 5.90. The first-order valence-electron chi connectivity index (χ1n) is 6.42. The molecule has 0 unspecified atom stereocenters. The van der Waals surface area contributed by atoms with Gasteiger partial charge >= 0.3 is 5.97 Å². The molecule has 0 fully saturated rings. The summed E-state index contributed by atoms with van der Waals surface area (Å²) in [5.41, 5.74) is 0.689. The Kier molecular flexibility index (Phi) is 5.45. The monoisotopic (exact) mass is 366 g/mol. The van der Waals surface area contributed by atoms with Crippen molar-refractivity contribution in [3.63, 3.8) is 0 Å². The highest BCUT2D eigenvalue weighted by Crippen LogP contribution is 2.29. The number of esters is 1. The van der Waals surface area contributed by atoms with Gasteiger partial charge in [0.1, 0.15) is 11.4 Å². The van der Waals surface area contributed by atoms with Crippen LogP contribution in [-0.2, 0) is 14.9 Å². The number of rotatable bonds is 5. The van der Waals surface area contributed by atoms with Crippen molar-refractivity contribution in [1.29, 1.82) is 0 Å². The fourth-order valence-corrected chi connectivity index (χ4v) is 2.37. The average molecular weight is 367 g/mol. The fraction of sp³-hybridized carbons (Fsp3) is 0. The largest absolute Gasteiger partial charge is 0.423 e. The molecule has 0 aromatic heterocycles. The maximum absolute atomic E-state index is 11.1. The SMILES string of the molecule is C=CC(=O)Oc1ccc(N=Nc2ccc(S(=O)(=O)O)cc2Cl)cc1. The molecule has 0 heterocycles. The van der Waals surface area contributed by atoms with Crippen LogP contribution in [0.1, 0.15) is 0 Å². The summed E-state index contributed by atoms with van der Waals surface area (Å²) in [5, 5.41) is 7.86. The van der Waals surface area contributed by atoms with Crippen LogP contribution in [0.25, 0.3) is 0 Å². The third-order valence-corrected chi connectivity index (χ3v) is 3.86. The van der Waals surface area contributed by atoms with Gasteiger partial charge in [-0.15, -0.1) is 5.11 Å². The Bertz CT molecular complexity index is 908. The molecule has 2 aromatic rings. The summed E-state index contributed by atoms with van der Waals surface area (Å²) in [4.78, 5) is 10.7. The summed E-state index contributed by atoms with van der Waals surface area (Å²) in [7, 11) is -4.33. The number of hydrogen-bond acceptors (Lipinski definition) is 6. The van der Waals surface area contributed by atoms with E-state index in [0.717, 1.165) is 18.2 Å². The minimum absolute atomic E-state index is 0.0189. The Hall–Kier alpha value is -2.55. The van der Waals surface area contributed by atoms with E-state index in [4.69, 9.17) is 20.9 Å². The van der Waals surface area contributed by atoms with Gasteiger partial charge in [-0.3, -0.25) is 4.55 Å². The number of nitrogens with zero attached hydrogens (tertiary/aromatic N) is 2. The van der Waals surface area contributed by atoms with Gasteiger partial charge in [0.05, 0.1) is 15.6 Å². The lowest BCUT2D eigenvalue weighted by atomic mass is 10.3. The zero-order valence-electron chi connectivity index (χ0n) is 12.1. The lowest BCUT2D eigenvalue weighted by Crippen LogP contribution is -2.02. The van der Waals surface area contributed by atoms with Crippen LogP contribution in [-0.4, -0.2) is 18.9 Å². The molecule has 2 aromatic carbocycles. The minimum Gasteiger partial charge on any atom is -0.423 e. The highest BCUT2D eigenvalue weighted by atomic mass is 35.5. The molecule has 24 heavy (non-hydrogen) atoms. The molecule has 0 saturated carbocycles. The van der Waals surface area contributed by atoms with Crippen molar-refractivity contribution in [3.05, 3.63) is 60.1 Å². The molecule has 0 bridgehead atoms. The second-order valence-electron chi connectivity index (χ2n) is 4.41. The van der Waals surface area contributed by atoms with E-state index in [0.29, 0.717) is 11.4 Å². The molecule has 0 atom stereocenters. The molecule has 0 amide bonds. The molecule has 0 aliphatic carbocycles. The standard InChI is InChI=1S/C15H11ClN2O5S/c1-2-15(19)23-11-5-3-10(4-6-11)17-18-14-8-7-12(9-13(14)16)24(20,21)22/h2-9H,1H2,(H,20,21,22). The lowest BCUT2D eigenvalue weighted by molar-refractivity contribution is -0.128. The Morgan fingerprint density at radius 3 is 2.38 bits per heavy atom. The van der Waals surface area contributed by atoms with E-state index in [9.17, 15) is 13.2 Å². The highest BCUT2D eigenvalue weighted by Gasteiger charge is 2.11. The number of ether oxygens (including phenoxy) is 1. The molecule has 0 radical (unpaired) electrons. The highest BCUT2D eigenvalue weighted by molar-refractivity contribution is 7.85. The first kappa shape index (κ1) is 17.8. The Labute approximate surface area is 143 Å². The molecule has 1 N–H and O–H groups in total. The van der Waals surface area contributed by atoms with E-state index < -0.39 is 16.1 Å². The Morgan fingerprint density at radius 1 is 1.17 bits per heavy atom. The van der Waals surface area contributed by atoms with Gasteiger partial charge in [-0.2, -0.15) is 13.5 Å². The first-order valence-corrected chi connectivity index (χ1v) is 8.24. The zero-order chi connectivity index (χ0) is 17.7. The van der Waals surface area contributed by atoms with Crippen LogP contribution in [0, 0.1) is 0 Å². The van der Waals surface area contributed by atoms with Gasteiger partial charge in [0.2, 0.25) is 0 Å². The summed E-state index contributed by atoms with van der Waals surface area (Å²) in [6.45, 7) is 3.29. The van der Waals surface area contributed by atoms with Gasteiger partial charge in [-0.05, 0) is 42.5 Å². The van der Waals surface area contributed by atoms with Gasteiger partial charge in [0.15, 0.2) is 0 Å². The number of halogens is 1. The van der Waals surface area contributed by atoms with Gasteiger partial charge in [0, 0.05) is 6.08 Å². The second-order valence-corrected chi connectivity index (χ2v) is 6.24. The number of carbonyl (C=O) groups is 1. The van der Waals surface area contributed by atoms with Crippen molar-refractivity contribution < 1.29 is 22.5 Å². The number of hydrogen-bond donors (Lipinski definition) is 1. The van der Waals surface area contributed by atoms with E-state index in [-0.39, 0.29) is 15.6 Å². The molecule has 7 nitrogen and oxygen atoms in total. The van der Waals surface area contributed by atoms with E-state index in [1.54, 1.807) is 12.1 Å². The number of azo groups is 1. The van der Waals surface area contributed by atoms with Crippen LogP contribution < -0.4 is 4.74 Å². The van der Waals surface area contributed by atoms with E-state index in [1.165, 1.54) is 18.2 Å². The molecule has 124 valence electrons. The maximum Gasteiger partial charge on any atom is 0.335 e. The predicted octanol–water partition coefficient (Wildman–Crippen LogP) is 4.09. The van der Waals surface area contributed by atoms with Crippen LogP contribution in [0.5, 0.6) is 5.75 Å². The van der Waals surface area contributed by atoms with Crippen molar-refractivity contribution in [1.82, 2.24) is 0 Å². The fourth-order valence-electron chi connectivity index (χ4n) is 1.58. The molecule has 9 heteroatoms. The van der Waals surface area contributed by atoms with Crippen molar-refractivity contribution >= 4 is 39.1 Å². The predicted molar refractivity (Wildman–Crippen MR) is 87.7 cm³/mol. The molecule has 0 saturated heterocycles. The van der Waals surface area contributed by atoms with Crippen LogP contribution in [0.3, 0.4) is 0 Å². The van der Waals surface area contributed by atoms with Crippen molar-refractivity contribution in [2.45, 2.75) is 4.90 Å². The van der Waals surface area contributed by atoms with Gasteiger partial charge in [-0.25, -0.2) is 4.79 Å². The van der Waals surface area contributed by atoms with Crippen LogP contribution >= 0.6 is 11.6 Å². The third kappa shape index (κ3) is 4.72. The van der Waals surface area contributed by atoms with Crippen LogP contribution in [0.4, 0.5) is 11.4 Å². The molecule has 0 aliphatic heterocycles. The summed E-state index contributed by atoms with van der Waals surface area (Å²) in [6, 6.07) is 9.73. The lowest BCUT2D eigenvalue weighted by Gasteiger charge is -2.02. The first-order chi connectivity index (χ1) is 11.3. The number of benzene rings is 2. The Morgan fingerprint density at radius 2 is 1.83 bits per heavy atom. The van der Waals surface area contributed by atoms with Gasteiger partial charge in [0.25, 0.3) is 10.1 Å². The van der Waals surface area contributed by atoms with E-state index in [1.807, 2.05) is 0 Å². The van der Waals surface area contributed by atoms with Crippen molar-refractivity contribution in [2.24, 2.45) is 10.2 Å². The Balaban J connectivity index is 2.16. The number of carbonyl (C=O) groups excluding carboxylic acids is 1. The normalized spacial score (nSPS) is 11.4. The van der Waals surface area contributed by atoms with Gasteiger partial charge in [-0.1, -0.05) is 18.2 Å². The summed E-state index contributed by atoms with van der Waals surface area (Å²) in [6.07, 6.45) is 1.05. The smallest absolute Gasteiger partial charge is 0.335 e. The molecule has 0 spiro atoms. The third-order valence-electron chi connectivity index (χ3n) is 2.71. The van der Waals surface area contributed by atoms with Crippen molar-refractivity contribution in [2.75, 3.05) is 0 Å². The molecule has 2 rings (SSSR count). The van der Waals surface area contributed by atoms with E-state index in [2.05, 4.69) is 16.8 Å². The quantitative estimate of drug-likeness (QED) is 0.282. The topological polar surface area (TPSA) is 105 Å². The van der Waals surface area contributed by atoms with Crippen LogP contribution in [0.15, 0.2) is 70.2 Å². The average Bonchev–Trinajstić information content (AvgIpc) is 2.54. The summed E-state index contributed by atoms with van der Waals surface area (Å²) in [5.74, 6) is -0.246. The molecular formula is C15H11ClN2O5S. The molecular weight excluding hydrogens is 356 g/mol. The van der Waals surface area contributed by atoms with Crippen molar-refractivity contribution in [3.8, 4) is 5.75 Å². The summed E-state index contributed by atoms with van der Waals surface area (Å²) < 4.78 is 35.9. The van der Waals surface area contributed by atoms with Crippen LogP contribution in [0.2, 0.25) is 5.02 Å². The van der Waals surface area contributed by atoms with E-state index >= 15 is 0 Å².